The summed E-state index contributed by atoms with van der Waals surface area (Å²) in [6, 6.07) is 8.71. The highest BCUT2D eigenvalue weighted by Gasteiger charge is 2.15. The molecule has 0 radical (unpaired) electrons. The van der Waals surface area contributed by atoms with Crippen LogP contribution in [0.5, 0.6) is 0 Å². The second-order valence-corrected chi connectivity index (χ2v) is 6.33. The predicted octanol–water partition coefficient (Wildman–Crippen LogP) is 4.39. The van der Waals surface area contributed by atoms with Gasteiger partial charge in [0.25, 0.3) is 5.91 Å². The largest absolute Gasteiger partial charge is 0.366 e. The molecule has 7 heteroatoms. The summed E-state index contributed by atoms with van der Waals surface area (Å²) >= 11 is 11.8. The lowest BCUT2D eigenvalue weighted by molar-refractivity contribution is 0.102. The highest BCUT2D eigenvalue weighted by atomic mass is 35.5. The maximum Gasteiger partial charge on any atom is 0.256 e. The van der Waals surface area contributed by atoms with Crippen molar-refractivity contribution in [3.8, 4) is 0 Å². The minimum atomic E-state index is -0.311. The van der Waals surface area contributed by atoms with E-state index in [2.05, 4.69) is 20.8 Å². The average Bonchev–Trinajstić information content (AvgIpc) is 3.05. The fourth-order valence-electron chi connectivity index (χ4n) is 2.58. The summed E-state index contributed by atoms with van der Waals surface area (Å²) in [7, 11) is 0. The standard InChI is InChI=1S/C16H16Cl2N4O/c17-12-6-5-10(9-13(12)18)16(23)20-15-8-7-14(21-22-15)19-11-3-1-2-4-11/h5-9,11H,1-4H2,(H,19,21)(H,20,22,23). The molecule has 1 saturated carbocycles. The van der Waals surface area contributed by atoms with Crippen molar-refractivity contribution < 1.29 is 4.79 Å². The number of carbonyl (C=O) groups excluding carboxylic acids is 1. The molecular formula is C16H16Cl2N4O. The summed E-state index contributed by atoms with van der Waals surface area (Å²) in [5.41, 5.74) is 0.411. The number of nitrogens with zero attached hydrogens (tertiary/aromatic N) is 2. The van der Waals surface area contributed by atoms with Crippen LogP contribution in [0.1, 0.15) is 36.0 Å². The van der Waals surface area contributed by atoms with Gasteiger partial charge in [-0.25, -0.2) is 0 Å². The number of carbonyl (C=O) groups is 1. The molecule has 1 fully saturated rings. The first-order valence-electron chi connectivity index (χ1n) is 7.48. The summed E-state index contributed by atoms with van der Waals surface area (Å²) in [6.07, 6.45) is 4.83. The molecule has 2 N–H and O–H groups in total. The summed E-state index contributed by atoms with van der Waals surface area (Å²) in [6.45, 7) is 0. The van der Waals surface area contributed by atoms with Crippen LogP contribution in [0.25, 0.3) is 0 Å². The summed E-state index contributed by atoms with van der Waals surface area (Å²) in [5.74, 6) is 0.803. The number of benzene rings is 1. The van der Waals surface area contributed by atoms with Gasteiger partial charge in [0.2, 0.25) is 0 Å². The molecule has 0 atom stereocenters. The van der Waals surface area contributed by atoms with E-state index in [4.69, 9.17) is 23.2 Å². The summed E-state index contributed by atoms with van der Waals surface area (Å²) in [5, 5.41) is 14.9. The van der Waals surface area contributed by atoms with E-state index in [-0.39, 0.29) is 5.91 Å². The summed E-state index contributed by atoms with van der Waals surface area (Å²) in [4.78, 5) is 12.1. The van der Waals surface area contributed by atoms with E-state index < -0.39 is 0 Å². The maximum absolute atomic E-state index is 12.1. The van der Waals surface area contributed by atoms with Gasteiger partial charge in [-0.3, -0.25) is 4.79 Å². The van der Waals surface area contributed by atoms with Gasteiger partial charge in [0.1, 0.15) is 5.82 Å². The number of aromatic nitrogens is 2. The van der Waals surface area contributed by atoms with E-state index in [1.54, 1.807) is 18.2 Å². The molecule has 1 aliphatic rings. The Labute approximate surface area is 144 Å². The lowest BCUT2D eigenvalue weighted by Gasteiger charge is -2.12. The van der Waals surface area contributed by atoms with Gasteiger partial charge < -0.3 is 10.6 Å². The number of rotatable bonds is 4. The predicted molar refractivity (Wildman–Crippen MR) is 92.3 cm³/mol. The normalized spacial score (nSPS) is 14.7. The van der Waals surface area contributed by atoms with Crippen LogP contribution in [0.2, 0.25) is 10.0 Å². The Bertz CT molecular complexity index is 700. The molecule has 3 rings (SSSR count). The van der Waals surface area contributed by atoms with Gasteiger partial charge in [-0.15, -0.1) is 10.2 Å². The number of hydrogen-bond acceptors (Lipinski definition) is 4. The van der Waals surface area contributed by atoms with Crippen LogP contribution in [0.3, 0.4) is 0 Å². The van der Waals surface area contributed by atoms with E-state index in [1.165, 1.54) is 18.9 Å². The zero-order chi connectivity index (χ0) is 16.2. The molecule has 0 bridgehead atoms. The van der Waals surface area contributed by atoms with Crippen LogP contribution in [0.4, 0.5) is 11.6 Å². The molecule has 1 aromatic heterocycles. The van der Waals surface area contributed by atoms with E-state index >= 15 is 0 Å². The molecule has 0 spiro atoms. The number of anilines is 2. The minimum absolute atomic E-state index is 0.311. The van der Waals surface area contributed by atoms with Gasteiger partial charge >= 0.3 is 0 Å². The highest BCUT2D eigenvalue weighted by Crippen LogP contribution is 2.23. The Balaban J connectivity index is 1.62. The van der Waals surface area contributed by atoms with E-state index in [1.807, 2.05) is 6.07 Å². The molecule has 1 heterocycles. The third-order valence-corrected chi connectivity index (χ3v) is 4.53. The third-order valence-electron chi connectivity index (χ3n) is 3.80. The second kappa shape index (κ2) is 7.15. The van der Waals surface area contributed by atoms with Crippen molar-refractivity contribution in [3.63, 3.8) is 0 Å². The lowest BCUT2D eigenvalue weighted by Crippen LogP contribution is -2.17. The number of nitrogens with one attached hydrogen (secondary N) is 2. The zero-order valence-corrected chi connectivity index (χ0v) is 13.9. The Kier molecular flexibility index (Phi) is 4.98. The SMILES string of the molecule is O=C(Nc1ccc(NC2CCCC2)nn1)c1ccc(Cl)c(Cl)c1. The third kappa shape index (κ3) is 4.12. The van der Waals surface area contributed by atoms with E-state index in [0.29, 0.717) is 27.5 Å². The zero-order valence-electron chi connectivity index (χ0n) is 12.4. The van der Waals surface area contributed by atoms with Crippen molar-refractivity contribution in [3.05, 3.63) is 45.9 Å². The Morgan fingerprint density at radius 3 is 2.35 bits per heavy atom. The van der Waals surface area contributed by atoms with Crippen molar-refractivity contribution in [2.75, 3.05) is 10.6 Å². The van der Waals surface area contributed by atoms with Crippen LogP contribution < -0.4 is 10.6 Å². The van der Waals surface area contributed by atoms with E-state index in [9.17, 15) is 4.79 Å². The smallest absolute Gasteiger partial charge is 0.256 e. The van der Waals surface area contributed by atoms with Crippen molar-refractivity contribution in [2.24, 2.45) is 0 Å². The molecular weight excluding hydrogens is 335 g/mol. The molecule has 120 valence electrons. The average molecular weight is 351 g/mol. The molecule has 0 unspecified atom stereocenters. The first kappa shape index (κ1) is 16.0. The number of halogens is 2. The monoisotopic (exact) mass is 350 g/mol. The van der Waals surface area contributed by atoms with Crippen molar-refractivity contribution in [1.29, 1.82) is 0 Å². The minimum Gasteiger partial charge on any atom is -0.366 e. The Morgan fingerprint density at radius 1 is 1.00 bits per heavy atom. The Hall–Kier alpha value is -1.85. The molecule has 0 aliphatic heterocycles. The van der Waals surface area contributed by atoms with Crippen molar-refractivity contribution >= 4 is 40.7 Å². The number of hydrogen-bond donors (Lipinski definition) is 2. The molecule has 23 heavy (non-hydrogen) atoms. The number of amides is 1. The van der Waals surface area contributed by atoms with Gasteiger partial charge in [-0.05, 0) is 43.2 Å². The lowest BCUT2D eigenvalue weighted by atomic mass is 10.2. The summed E-state index contributed by atoms with van der Waals surface area (Å²) < 4.78 is 0. The van der Waals surface area contributed by atoms with Crippen LogP contribution >= 0.6 is 23.2 Å². The first-order valence-corrected chi connectivity index (χ1v) is 8.24. The maximum atomic E-state index is 12.1. The van der Waals surface area contributed by atoms with Crippen LogP contribution in [0, 0.1) is 0 Å². The quantitative estimate of drug-likeness (QED) is 0.857. The van der Waals surface area contributed by atoms with Gasteiger partial charge in [-0.2, -0.15) is 0 Å². The van der Waals surface area contributed by atoms with Gasteiger partial charge in [0, 0.05) is 11.6 Å². The molecule has 0 saturated heterocycles. The van der Waals surface area contributed by atoms with Crippen LogP contribution in [-0.2, 0) is 0 Å². The van der Waals surface area contributed by atoms with Crippen molar-refractivity contribution in [2.45, 2.75) is 31.7 Å². The van der Waals surface area contributed by atoms with Gasteiger partial charge in [0.05, 0.1) is 10.0 Å². The second-order valence-electron chi connectivity index (χ2n) is 5.51. The fourth-order valence-corrected chi connectivity index (χ4v) is 2.88. The molecule has 2 aromatic rings. The van der Waals surface area contributed by atoms with Gasteiger partial charge in [0.15, 0.2) is 5.82 Å². The Morgan fingerprint density at radius 2 is 1.70 bits per heavy atom. The topological polar surface area (TPSA) is 66.9 Å². The molecule has 5 nitrogen and oxygen atoms in total. The van der Waals surface area contributed by atoms with Crippen molar-refractivity contribution in [1.82, 2.24) is 10.2 Å². The highest BCUT2D eigenvalue weighted by molar-refractivity contribution is 6.42. The molecule has 1 aromatic carbocycles. The first-order chi connectivity index (χ1) is 11.1. The van der Waals surface area contributed by atoms with Crippen LogP contribution in [-0.4, -0.2) is 22.1 Å². The van der Waals surface area contributed by atoms with Crippen LogP contribution in [0.15, 0.2) is 30.3 Å². The molecule has 1 aliphatic carbocycles. The fraction of sp³-hybridized carbons (Fsp3) is 0.312. The van der Waals surface area contributed by atoms with Gasteiger partial charge in [-0.1, -0.05) is 36.0 Å². The van der Waals surface area contributed by atoms with E-state index in [0.717, 1.165) is 18.7 Å². The molecule has 1 amide bonds.